The number of aliphatic carboxylic acids is 5. The van der Waals surface area contributed by atoms with Crippen LogP contribution in [0.2, 0.25) is 0 Å². The summed E-state index contributed by atoms with van der Waals surface area (Å²) < 4.78 is 0. The van der Waals surface area contributed by atoms with Crippen LogP contribution in [0.5, 0.6) is 0 Å². The Morgan fingerprint density at radius 1 is 0.367 bits per heavy atom. The van der Waals surface area contributed by atoms with Crippen molar-refractivity contribution in [3.8, 4) is 0 Å². The maximum absolute atomic E-state index is 13.7. The number of primary amides is 2. The standard InChI is InChI=1S/C43H64N12O24/c1-16(57)11-23(53-38(74)22(7-10-31(64)65)51-43(79)27(15-56)55-41(77)25(13-32(66)67)48-19(4)58)40(76)54-24(12-28(44)59)39(75)47-18(3)35(71)52-26(14-33(68)69)42(78)50-21(6-9-30(62)63)37(73)49-20(5-8-29(60)61)36(72)46-17(2)34(45)70/h17-18,20-27,56-57H,1,5-15H2,2-4H3,(H2,44,59)(H2,45,70)(H,46,72)(H,47,75)(H,48,58)(H,49,73)(H,50,78)(H,51,79)(H,52,71)(H,53,74)(H,54,76)(H,55,77)(H,60,61)(H,62,63)(H,64,65)(H,66,67)(H,68,69)/t17?,18?,20-,21?,22-,23?,24-,25-,26-,27?/m1/s1. The van der Waals surface area contributed by atoms with Crippen molar-refractivity contribution < 1.29 is 117 Å². The highest BCUT2D eigenvalue weighted by Gasteiger charge is 2.36. The van der Waals surface area contributed by atoms with Crippen LogP contribution in [-0.2, 0) is 81.5 Å². The smallest absolute Gasteiger partial charge is 0.305 e. The Hall–Kier alpha value is -9.51. The summed E-state index contributed by atoms with van der Waals surface area (Å²) in [7, 11) is 0. The number of rotatable bonds is 38. The third-order valence-electron chi connectivity index (χ3n) is 10.4. The summed E-state index contributed by atoms with van der Waals surface area (Å²) in [5, 5.41) is 86.7. The first kappa shape index (κ1) is 69.5. The Balaban J connectivity index is 6.57. The van der Waals surface area contributed by atoms with Crippen molar-refractivity contribution in [2.75, 3.05) is 6.61 Å². The predicted molar refractivity (Wildman–Crippen MR) is 258 cm³/mol. The van der Waals surface area contributed by atoms with Gasteiger partial charge in [-0.15, -0.1) is 0 Å². The Kier molecular flexibility index (Phi) is 30.1. The minimum Gasteiger partial charge on any atom is -0.513 e. The second kappa shape index (κ2) is 34.2. The van der Waals surface area contributed by atoms with Crippen molar-refractivity contribution in [3.05, 3.63) is 12.3 Å². The molecule has 0 radical (unpaired) electrons. The van der Waals surface area contributed by atoms with Crippen LogP contribution < -0.4 is 64.6 Å². The molecule has 0 fully saturated rings. The molecular weight excluding hydrogens is 1070 g/mol. The van der Waals surface area contributed by atoms with E-state index >= 15 is 0 Å². The van der Waals surface area contributed by atoms with Crippen molar-refractivity contribution in [1.29, 1.82) is 0 Å². The fourth-order valence-corrected chi connectivity index (χ4v) is 6.37. The summed E-state index contributed by atoms with van der Waals surface area (Å²) in [6, 6.07) is -18.8. The van der Waals surface area contributed by atoms with Crippen LogP contribution >= 0.6 is 0 Å². The number of carboxylic acid groups (broad SMARTS) is 5. The van der Waals surface area contributed by atoms with E-state index < -0.39 is 238 Å². The van der Waals surface area contributed by atoms with E-state index in [0.717, 1.165) is 20.8 Å². The van der Waals surface area contributed by atoms with Crippen LogP contribution in [0.25, 0.3) is 0 Å². The van der Waals surface area contributed by atoms with Gasteiger partial charge in [-0.3, -0.25) is 81.5 Å². The van der Waals surface area contributed by atoms with Gasteiger partial charge in [0.15, 0.2) is 0 Å². The lowest BCUT2D eigenvalue weighted by molar-refractivity contribution is -0.142. The highest BCUT2D eigenvalue weighted by atomic mass is 16.4. The van der Waals surface area contributed by atoms with E-state index in [2.05, 4.69) is 22.5 Å². The van der Waals surface area contributed by atoms with Crippen molar-refractivity contribution in [2.45, 2.75) is 145 Å². The Bertz CT molecular complexity index is 2350. The van der Waals surface area contributed by atoms with Crippen molar-refractivity contribution in [3.63, 3.8) is 0 Å². The molecule has 0 aromatic heterocycles. The van der Waals surface area contributed by atoms with Crippen LogP contribution in [0.4, 0.5) is 0 Å². The maximum Gasteiger partial charge on any atom is 0.305 e. The van der Waals surface area contributed by atoms with E-state index in [4.69, 9.17) is 21.7 Å². The minimum absolute atomic E-state index is 0.611. The molecule has 440 valence electrons. The molecular formula is C43H64N12O24. The number of aliphatic hydroxyl groups is 2. The van der Waals surface area contributed by atoms with E-state index in [1.807, 2.05) is 37.2 Å². The van der Waals surface area contributed by atoms with Gasteiger partial charge in [0.2, 0.25) is 70.9 Å². The molecule has 0 saturated heterocycles. The SMILES string of the molecule is C=C(O)CC(NC(=O)[C@@H](CCC(=O)O)NC(=O)C(CO)NC(=O)[C@@H](CC(=O)O)NC(C)=O)C(=O)N[C@H](CC(N)=O)C(=O)NC(C)C(=O)N[C@H](CC(=O)O)C(=O)NC(CCC(=O)O)C(=O)N[C@H](CCC(=O)O)C(=O)NC(C)C(N)=O. The minimum atomic E-state index is -2.15. The molecule has 0 aliphatic heterocycles. The van der Waals surface area contributed by atoms with E-state index in [-0.39, 0.29) is 0 Å². The molecule has 0 spiro atoms. The topological polar surface area (TPSA) is 604 Å². The van der Waals surface area contributed by atoms with Gasteiger partial charge in [0.25, 0.3) is 0 Å². The van der Waals surface area contributed by atoms with Crippen molar-refractivity contribution in [1.82, 2.24) is 53.2 Å². The zero-order chi connectivity index (χ0) is 61.0. The fourth-order valence-electron chi connectivity index (χ4n) is 6.37. The molecule has 0 aromatic rings. The Morgan fingerprint density at radius 3 is 0.975 bits per heavy atom. The molecule has 0 bridgehead atoms. The highest BCUT2D eigenvalue weighted by Crippen LogP contribution is 2.09. The summed E-state index contributed by atoms with van der Waals surface area (Å²) in [6.07, 6.45) is -8.78. The van der Waals surface area contributed by atoms with Gasteiger partial charge in [-0.25, -0.2) is 0 Å². The lowest BCUT2D eigenvalue weighted by atomic mass is 10.1. The molecule has 21 N–H and O–H groups in total. The molecule has 0 aliphatic carbocycles. The first-order valence-corrected chi connectivity index (χ1v) is 23.2. The van der Waals surface area contributed by atoms with Crippen LogP contribution in [0.15, 0.2) is 12.3 Å². The molecule has 0 saturated carbocycles. The molecule has 79 heavy (non-hydrogen) atoms. The van der Waals surface area contributed by atoms with Gasteiger partial charge in [-0.1, -0.05) is 6.58 Å². The third-order valence-corrected chi connectivity index (χ3v) is 10.4. The molecule has 36 heteroatoms. The monoisotopic (exact) mass is 1130 g/mol. The van der Waals surface area contributed by atoms with Gasteiger partial charge in [-0.05, 0) is 33.1 Å². The van der Waals surface area contributed by atoms with Crippen LogP contribution in [0, 0.1) is 0 Å². The number of hydrogen-bond donors (Lipinski definition) is 19. The summed E-state index contributed by atoms with van der Waals surface area (Å²) >= 11 is 0. The molecule has 12 amide bonds. The highest BCUT2D eigenvalue weighted by molar-refractivity contribution is 6.00. The predicted octanol–water partition coefficient (Wildman–Crippen LogP) is -8.75. The second-order valence-corrected chi connectivity index (χ2v) is 17.2. The number of carbonyl (C=O) groups is 17. The zero-order valence-corrected chi connectivity index (χ0v) is 42.5. The van der Waals surface area contributed by atoms with Gasteiger partial charge in [0.1, 0.15) is 60.4 Å². The fraction of sp³-hybridized carbons (Fsp3) is 0.558. The lowest BCUT2D eigenvalue weighted by Gasteiger charge is -2.27. The first-order valence-electron chi connectivity index (χ1n) is 23.2. The number of hydrogen-bond acceptors (Lipinski definition) is 19. The molecule has 36 nitrogen and oxygen atoms in total. The molecule has 0 heterocycles. The summed E-state index contributed by atoms with van der Waals surface area (Å²) in [4.78, 5) is 212. The number of nitrogens with one attached hydrogen (secondary N) is 10. The molecule has 0 rings (SSSR count). The van der Waals surface area contributed by atoms with Crippen LogP contribution in [0.3, 0.4) is 0 Å². The quantitative estimate of drug-likeness (QED) is 0.0255. The Labute approximate surface area is 446 Å². The van der Waals surface area contributed by atoms with Crippen molar-refractivity contribution in [2.24, 2.45) is 11.5 Å². The number of nitrogens with two attached hydrogens (primary N) is 2. The summed E-state index contributed by atoms with van der Waals surface area (Å²) in [5.41, 5.74) is 10.4. The van der Waals surface area contributed by atoms with Crippen LogP contribution in [-0.4, -0.2) is 204 Å². The third kappa shape index (κ3) is 28.3. The molecule has 10 atom stereocenters. The second-order valence-electron chi connectivity index (χ2n) is 17.2. The average molecular weight is 1130 g/mol. The largest absolute Gasteiger partial charge is 0.513 e. The van der Waals surface area contributed by atoms with Crippen molar-refractivity contribution >= 4 is 101 Å². The number of amides is 12. The van der Waals surface area contributed by atoms with E-state index in [1.54, 1.807) is 0 Å². The van der Waals surface area contributed by atoms with Crippen LogP contribution in [0.1, 0.15) is 85.0 Å². The van der Waals surface area contributed by atoms with E-state index in [0.29, 0.717) is 0 Å². The molecule has 0 aromatic carbocycles. The van der Waals surface area contributed by atoms with Gasteiger partial charge in [0, 0.05) is 32.6 Å². The van der Waals surface area contributed by atoms with Gasteiger partial charge in [-0.2, -0.15) is 0 Å². The summed E-state index contributed by atoms with van der Waals surface area (Å²) in [6.45, 7) is 5.01. The van der Waals surface area contributed by atoms with Gasteiger partial charge >= 0.3 is 29.8 Å². The summed E-state index contributed by atoms with van der Waals surface area (Å²) in [5.74, 6) is -24.0. The Morgan fingerprint density at radius 2 is 0.646 bits per heavy atom. The zero-order valence-electron chi connectivity index (χ0n) is 42.5. The average Bonchev–Trinajstić information content (AvgIpc) is 3.32. The number of aliphatic hydroxyl groups excluding tert-OH is 2. The normalized spacial score (nSPS) is 14.4. The van der Waals surface area contributed by atoms with Gasteiger partial charge in [0.05, 0.1) is 31.6 Å². The number of carbonyl (C=O) groups excluding carboxylic acids is 12. The van der Waals surface area contributed by atoms with E-state index in [9.17, 15) is 107 Å². The molecule has 5 unspecified atom stereocenters. The van der Waals surface area contributed by atoms with E-state index in [1.165, 1.54) is 0 Å². The maximum atomic E-state index is 13.7. The van der Waals surface area contributed by atoms with Gasteiger partial charge < -0.3 is 100 Å². The lowest BCUT2D eigenvalue weighted by Crippen LogP contribution is -2.61. The first-order chi connectivity index (χ1) is 36.6. The molecule has 0 aliphatic rings. The number of carboxylic acids is 5.